The Morgan fingerprint density at radius 1 is 1.17 bits per heavy atom. The van der Waals surface area contributed by atoms with Gasteiger partial charge in [0.2, 0.25) is 5.91 Å². The number of rotatable bonds is 5. The molecule has 10 heteroatoms. The van der Waals surface area contributed by atoms with Gasteiger partial charge in [0, 0.05) is 6.54 Å². The van der Waals surface area contributed by atoms with Gasteiger partial charge in [0.1, 0.15) is 35.9 Å². The third kappa shape index (κ3) is 4.30. The minimum atomic E-state index is -1.38. The number of halogens is 1. The third-order valence-electron chi connectivity index (χ3n) is 6.85. The third-order valence-corrected chi connectivity index (χ3v) is 7.98. The van der Waals surface area contributed by atoms with E-state index in [0.29, 0.717) is 18.4 Å². The summed E-state index contributed by atoms with van der Waals surface area (Å²) in [5, 5.41) is 36.4. The molecule has 3 aliphatic heterocycles. The molecule has 0 bridgehead atoms. The molecule has 4 aliphatic rings. The fourth-order valence-corrected chi connectivity index (χ4v) is 5.86. The van der Waals surface area contributed by atoms with Crippen LogP contribution < -0.4 is 10.6 Å². The number of alkyl halides is 1. The molecule has 0 aromatic heterocycles. The maximum Gasteiger partial charge on any atom is 0.240 e. The van der Waals surface area contributed by atoms with Crippen LogP contribution in [0.15, 0.2) is 0 Å². The van der Waals surface area contributed by atoms with Gasteiger partial charge in [0.15, 0.2) is 0 Å². The Kier molecular flexibility index (Phi) is 6.69. The van der Waals surface area contributed by atoms with Crippen molar-refractivity contribution in [1.29, 1.82) is 0 Å². The molecule has 3 saturated heterocycles. The molecule has 0 spiro atoms. The maximum absolute atomic E-state index is 13.1. The first-order valence-electron chi connectivity index (χ1n) is 10.3. The summed E-state index contributed by atoms with van der Waals surface area (Å²) in [5.74, 6) is 1.45. The minimum absolute atomic E-state index is 0.169. The van der Waals surface area contributed by atoms with Crippen molar-refractivity contribution in [3.8, 4) is 0 Å². The molecule has 0 aromatic carbocycles. The van der Waals surface area contributed by atoms with Crippen molar-refractivity contribution in [2.45, 2.75) is 73.2 Å². The summed E-state index contributed by atoms with van der Waals surface area (Å²) in [5.41, 5.74) is -0.723. The first kappa shape index (κ1) is 22.1. The monoisotopic (exact) mass is 450 g/mol. The number of hydrogen-bond acceptors (Lipinski definition) is 8. The second kappa shape index (κ2) is 8.78. The van der Waals surface area contributed by atoms with Crippen LogP contribution in [0.5, 0.6) is 0 Å². The lowest BCUT2D eigenvalue weighted by Crippen LogP contribution is -2.65. The molecule has 4 rings (SSSR count). The second-order valence-corrected chi connectivity index (χ2v) is 10.4. The Labute approximate surface area is 180 Å². The topological polar surface area (TPSA) is 120 Å². The zero-order valence-corrected chi connectivity index (χ0v) is 18.2. The molecule has 3 heterocycles. The average molecular weight is 451 g/mol. The summed E-state index contributed by atoms with van der Waals surface area (Å²) < 4.78 is 11.9. The molecule has 4 fully saturated rings. The number of hydrogen-bond donors (Lipinski definition) is 5. The Hall–Kier alpha value is -0.130. The molecule has 8 nitrogen and oxygen atoms in total. The van der Waals surface area contributed by atoms with E-state index in [0.717, 1.165) is 18.9 Å². The lowest BCUT2D eigenvalue weighted by Gasteiger charge is -2.44. The van der Waals surface area contributed by atoms with Crippen LogP contribution in [0, 0.1) is 17.8 Å². The first-order valence-corrected chi connectivity index (χ1v) is 12.1. The number of aliphatic hydroxyl groups excluding tert-OH is 3. The molecule has 0 aromatic rings. The van der Waals surface area contributed by atoms with Gasteiger partial charge in [-0.1, -0.05) is 0 Å². The number of amides is 1. The molecule has 1 saturated carbocycles. The summed E-state index contributed by atoms with van der Waals surface area (Å²) in [7, 11) is 0. The summed E-state index contributed by atoms with van der Waals surface area (Å²) in [6.07, 6.45) is -1.03. The van der Waals surface area contributed by atoms with Gasteiger partial charge >= 0.3 is 0 Å². The molecule has 3 unspecified atom stereocenters. The van der Waals surface area contributed by atoms with Crippen LogP contribution in [0.4, 0.5) is 0 Å². The number of aliphatic hydroxyl groups is 3. The van der Waals surface area contributed by atoms with E-state index in [1.165, 1.54) is 18.2 Å². The van der Waals surface area contributed by atoms with E-state index < -0.39 is 47.3 Å². The molecule has 166 valence electrons. The van der Waals surface area contributed by atoms with Gasteiger partial charge in [-0.15, -0.1) is 23.4 Å². The molecular weight excluding hydrogens is 420 g/mol. The predicted octanol–water partition coefficient (Wildman–Crippen LogP) is -0.718. The number of carbonyl (C=O) groups is 1. The fraction of sp³-hybridized carbons (Fsp3) is 0.947. The zero-order valence-electron chi connectivity index (χ0n) is 16.6. The van der Waals surface area contributed by atoms with Crippen molar-refractivity contribution in [1.82, 2.24) is 10.6 Å². The SMILES string of the molecule is CSC1O[C@H]([C@H](NC(=O)[C@H]2NC[C@@H]3C[C@H]4C[C@H]4CO[C@H]32)[C@H](C)Cl)C(O)C(O)[C@H]1O. The van der Waals surface area contributed by atoms with Gasteiger partial charge in [-0.25, -0.2) is 0 Å². The van der Waals surface area contributed by atoms with Gasteiger partial charge in [-0.3, -0.25) is 4.79 Å². The van der Waals surface area contributed by atoms with Crippen molar-refractivity contribution in [2.24, 2.45) is 17.8 Å². The highest BCUT2D eigenvalue weighted by molar-refractivity contribution is 7.99. The van der Waals surface area contributed by atoms with Crippen molar-refractivity contribution in [3.63, 3.8) is 0 Å². The Bertz CT molecular complexity index is 613. The lowest BCUT2D eigenvalue weighted by atomic mass is 9.92. The number of nitrogens with one attached hydrogen (secondary N) is 2. The summed E-state index contributed by atoms with van der Waals surface area (Å²) in [6, 6.07) is -1.22. The van der Waals surface area contributed by atoms with E-state index in [4.69, 9.17) is 21.1 Å². The van der Waals surface area contributed by atoms with Crippen molar-refractivity contribution in [2.75, 3.05) is 19.4 Å². The van der Waals surface area contributed by atoms with E-state index in [1.54, 1.807) is 13.2 Å². The number of ether oxygens (including phenoxy) is 2. The van der Waals surface area contributed by atoms with Gasteiger partial charge in [0.05, 0.1) is 24.1 Å². The predicted molar refractivity (Wildman–Crippen MR) is 109 cm³/mol. The van der Waals surface area contributed by atoms with Crippen LogP contribution in [0.2, 0.25) is 0 Å². The molecule has 1 aliphatic carbocycles. The quantitative estimate of drug-likeness (QED) is 0.348. The van der Waals surface area contributed by atoms with E-state index >= 15 is 0 Å². The van der Waals surface area contributed by atoms with Crippen molar-refractivity contribution >= 4 is 29.3 Å². The smallest absolute Gasteiger partial charge is 0.240 e. The van der Waals surface area contributed by atoms with Crippen LogP contribution >= 0.6 is 23.4 Å². The van der Waals surface area contributed by atoms with Crippen LogP contribution in [-0.4, -0.2) is 94.1 Å². The molecule has 0 radical (unpaired) electrons. The van der Waals surface area contributed by atoms with Crippen LogP contribution in [-0.2, 0) is 14.3 Å². The van der Waals surface area contributed by atoms with Crippen LogP contribution in [0.3, 0.4) is 0 Å². The van der Waals surface area contributed by atoms with E-state index in [1.807, 2.05) is 0 Å². The number of thioether (sulfide) groups is 1. The van der Waals surface area contributed by atoms with Gasteiger partial charge in [-0.05, 0) is 43.8 Å². The minimum Gasteiger partial charge on any atom is -0.388 e. The largest absolute Gasteiger partial charge is 0.388 e. The van der Waals surface area contributed by atoms with Gasteiger partial charge < -0.3 is 35.4 Å². The second-order valence-electron chi connectivity index (χ2n) is 8.82. The standard InChI is InChI=1S/C19H31ClN2O6S/c1-7(20)11(17-14(24)13(23)15(25)19(28-17)29-2)22-18(26)12-16-9(5-21-12)3-8-4-10(8)6-27-16/h7-17,19,21,23-25H,3-6H2,1-2H3,(H,22,26)/t7-,8-,9-,10-,11+,12-,13?,14?,15+,16+,17+,19?/m0/s1. The molecule has 12 atom stereocenters. The van der Waals surface area contributed by atoms with E-state index in [9.17, 15) is 20.1 Å². The average Bonchev–Trinajstić information content (AvgIpc) is 3.35. The van der Waals surface area contributed by atoms with E-state index in [2.05, 4.69) is 10.6 Å². The summed E-state index contributed by atoms with van der Waals surface area (Å²) in [4.78, 5) is 13.1. The van der Waals surface area contributed by atoms with Crippen LogP contribution in [0.1, 0.15) is 19.8 Å². The molecule has 5 N–H and O–H groups in total. The van der Waals surface area contributed by atoms with Gasteiger partial charge in [0.25, 0.3) is 0 Å². The zero-order chi connectivity index (χ0) is 20.9. The number of carbonyl (C=O) groups excluding carboxylic acids is 1. The molecule has 29 heavy (non-hydrogen) atoms. The fourth-order valence-electron chi connectivity index (χ4n) is 4.98. The summed E-state index contributed by atoms with van der Waals surface area (Å²) in [6.45, 7) is 3.15. The Morgan fingerprint density at radius 3 is 2.59 bits per heavy atom. The Balaban J connectivity index is 1.44. The maximum atomic E-state index is 13.1. The van der Waals surface area contributed by atoms with Crippen molar-refractivity contribution < 1.29 is 29.6 Å². The lowest BCUT2D eigenvalue weighted by molar-refractivity contribution is -0.205. The summed E-state index contributed by atoms with van der Waals surface area (Å²) >= 11 is 7.57. The Morgan fingerprint density at radius 2 is 1.90 bits per heavy atom. The highest BCUT2D eigenvalue weighted by Gasteiger charge is 2.51. The molecule has 1 amide bonds. The highest BCUT2D eigenvalue weighted by Crippen LogP contribution is 2.48. The first-order chi connectivity index (χ1) is 13.8. The number of fused-ring (bicyclic) bond motifs is 2. The van der Waals surface area contributed by atoms with Crippen LogP contribution in [0.25, 0.3) is 0 Å². The molecular formula is C19H31ClN2O6S. The van der Waals surface area contributed by atoms with Gasteiger partial charge in [-0.2, -0.15) is 0 Å². The van der Waals surface area contributed by atoms with Crippen molar-refractivity contribution in [3.05, 3.63) is 0 Å². The normalized spacial score (nSPS) is 48.8. The highest BCUT2D eigenvalue weighted by atomic mass is 35.5. The van der Waals surface area contributed by atoms with E-state index in [-0.39, 0.29) is 12.0 Å².